The molecule has 0 amide bonds. The van der Waals surface area contributed by atoms with Crippen LogP contribution in [0.25, 0.3) is 0 Å². The van der Waals surface area contributed by atoms with Crippen molar-refractivity contribution in [2.45, 2.75) is 57.8 Å². The van der Waals surface area contributed by atoms with Crippen molar-refractivity contribution in [2.75, 3.05) is 6.61 Å². The number of aliphatic carboxylic acids is 1. The summed E-state index contributed by atoms with van der Waals surface area (Å²) in [6, 6.07) is 8.11. The molecule has 5 N–H and O–H groups in total. The zero-order valence-electron chi connectivity index (χ0n) is 17.4. The van der Waals surface area contributed by atoms with Gasteiger partial charge in [0.25, 0.3) is 0 Å². The fourth-order valence-corrected chi connectivity index (χ4v) is 4.17. The summed E-state index contributed by atoms with van der Waals surface area (Å²) in [7, 11) is 0. The van der Waals surface area contributed by atoms with Gasteiger partial charge in [0.15, 0.2) is 0 Å². The number of nitrogens with one attached hydrogen (secondary N) is 1. The Bertz CT molecular complexity index is 825. The van der Waals surface area contributed by atoms with Crippen molar-refractivity contribution in [3.63, 3.8) is 0 Å². The van der Waals surface area contributed by atoms with Crippen molar-refractivity contribution in [1.29, 1.82) is 5.53 Å². The Balaban J connectivity index is 1.77. The number of allylic oxidation sites excluding steroid dienone is 2. The quantitative estimate of drug-likeness (QED) is 0.266. The number of aliphatic hydroxyl groups is 1. The highest BCUT2D eigenvalue weighted by molar-refractivity contribution is 5.67. The Kier molecular flexibility index (Phi) is 8.18. The zero-order valence-corrected chi connectivity index (χ0v) is 17.4. The van der Waals surface area contributed by atoms with Crippen LogP contribution in [0, 0.1) is 35.1 Å². The predicted octanol–water partition coefficient (Wildman–Crippen LogP) is 3.94. The fraction of sp³-hybridized carbons (Fsp3) is 0.542. The molecule has 6 nitrogen and oxygen atoms in total. The van der Waals surface area contributed by atoms with Gasteiger partial charge in [-0.2, -0.15) is 5.11 Å². The summed E-state index contributed by atoms with van der Waals surface area (Å²) in [4.78, 5) is 11.3. The zero-order chi connectivity index (χ0) is 21.3. The van der Waals surface area contributed by atoms with Crippen molar-refractivity contribution in [2.24, 2.45) is 22.9 Å². The first kappa shape index (κ1) is 22.2. The first-order chi connectivity index (χ1) is 14.6. The second-order valence-corrected chi connectivity index (χ2v) is 8.40. The molecule has 2 aliphatic rings. The standard InChI is InChI=1S/C24H31N3O3/c25-27-24(20(6-3-15-28)16-22(29)30)23(19-11-12-19)26-21-13-9-18(10-14-21)8-7-17-4-1-2-5-17/h9-10,13-14,17,19-20,25-26,28H,1-6,11-12,15-16H2,(H,29,30)/p+1/b24-23-,27-25?/t20-/m0/s1. The minimum absolute atomic E-state index is 0.00717. The van der Waals surface area contributed by atoms with Crippen LogP contribution in [0.15, 0.2) is 40.8 Å². The summed E-state index contributed by atoms with van der Waals surface area (Å²) in [5.41, 5.74) is 11.3. The molecule has 1 aromatic rings. The van der Waals surface area contributed by atoms with Crippen LogP contribution in [0.2, 0.25) is 0 Å². The van der Waals surface area contributed by atoms with Crippen LogP contribution in [-0.2, 0) is 4.79 Å². The lowest BCUT2D eigenvalue weighted by atomic mass is 9.93. The minimum Gasteiger partial charge on any atom is -0.481 e. The summed E-state index contributed by atoms with van der Waals surface area (Å²) < 4.78 is 0. The summed E-state index contributed by atoms with van der Waals surface area (Å²) >= 11 is 0. The number of hydrogen-bond acceptors (Lipinski definition) is 4. The molecule has 0 heterocycles. The van der Waals surface area contributed by atoms with Crippen molar-refractivity contribution >= 4 is 11.7 Å². The van der Waals surface area contributed by atoms with Gasteiger partial charge in [-0.25, -0.2) is 5.53 Å². The molecule has 160 valence electrons. The maximum absolute atomic E-state index is 11.3. The number of hydrogen-bond donors (Lipinski definition) is 4. The molecule has 6 heteroatoms. The second kappa shape index (κ2) is 11.1. The van der Waals surface area contributed by atoms with E-state index in [0.29, 0.717) is 30.4 Å². The smallest absolute Gasteiger partial charge is 0.304 e. The van der Waals surface area contributed by atoms with E-state index >= 15 is 0 Å². The van der Waals surface area contributed by atoms with Crippen LogP contribution >= 0.6 is 0 Å². The van der Waals surface area contributed by atoms with Gasteiger partial charge >= 0.3 is 5.97 Å². The highest BCUT2D eigenvalue weighted by Crippen LogP contribution is 2.38. The number of nitrogens with two attached hydrogens (primary N) is 1. The molecule has 0 radical (unpaired) electrons. The highest BCUT2D eigenvalue weighted by Gasteiger charge is 2.35. The SMILES string of the molecule is N=N/C(=C(\[NH2+]c1ccc(C#CC2CCCC2)cc1)C1CC1)[C@@H](CCCO)CC(=O)O. The van der Waals surface area contributed by atoms with Gasteiger partial charge in [0.05, 0.1) is 6.42 Å². The lowest BCUT2D eigenvalue weighted by Crippen LogP contribution is -2.76. The van der Waals surface area contributed by atoms with Gasteiger partial charge in [0, 0.05) is 42.1 Å². The van der Waals surface area contributed by atoms with E-state index in [0.717, 1.165) is 29.8 Å². The normalized spacial score (nSPS) is 18.3. The van der Waals surface area contributed by atoms with E-state index in [1.165, 1.54) is 25.7 Å². The van der Waals surface area contributed by atoms with E-state index in [9.17, 15) is 15.0 Å². The first-order valence-corrected chi connectivity index (χ1v) is 11.0. The Hall–Kier alpha value is -2.49. The average molecular weight is 411 g/mol. The largest absolute Gasteiger partial charge is 0.481 e. The number of rotatable bonds is 10. The lowest BCUT2D eigenvalue weighted by molar-refractivity contribution is -0.524. The van der Waals surface area contributed by atoms with Crippen molar-refractivity contribution in [1.82, 2.24) is 0 Å². The maximum Gasteiger partial charge on any atom is 0.304 e. The van der Waals surface area contributed by atoms with Crippen molar-refractivity contribution in [3.8, 4) is 11.8 Å². The van der Waals surface area contributed by atoms with Crippen LogP contribution < -0.4 is 5.32 Å². The Morgan fingerprint density at radius 2 is 1.90 bits per heavy atom. The third-order valence-corrected chi connectivity index (χ3v) is 5.96. The van der Waals surface area contributed by atoms with Gasteiger partial charge in [-0.3, -0.25) is 10.1 Å². The summed E-state index contributed by atoms with van der Waals surface area (Å²) in [6.07, 6.45) is 8.01. The maximum atomic E-state index is 11.3. The van der Waals surface area contributed by atoms with Crippen LogP contribution in [0.1, 0.15) is 63.4 Å². The third-order valence-electron chi connectivity index (χ3n) is 5.96. The van der Waals surface area contributed by atoms with Crippen LogP contribution in [0.3, 0.4) is 0 Å². The summed E-state index contributed by atoms with van der Waals surface area (Å²) in [6.45, 7) is 0.00717. The monoisotopic (exact) mass is 410 g/mol. The first-order valence-electron chi connectivity index (χ1n) is 11.0. The minimum atomic E-state index is -0.903. The molecular formula is C24H32N3O3+. The molecule has 1 aromatic carbocycles. The molecule has 0 aromatic heterocycles. The number of carboxylic acid groups (broad SMARTS) is 1. The Morgan fingerprint density at radius 3 is 2.47 bits per heavy atom. The van der Waals surface area contributed by atoms with Gasteiger partial charge in [0.2, 0.25) is 0 Å². The van der Waals surface area contributed by atoms with E-state index in [-0.39, 0.29) is 18.9 Å². The van der Waals surface area contributed by atoms with Gasteiger partial charge in [-0.1, -0.05) is 24.7 Å². The molecule has 1 atom stereocenters. The van der Waals surface area contributed by atoms with Gasteiger partial charge in [-0.15, -0.1) is 0 Å². The Morgan fingerprint density at radius 1 is 1.20 bits per heavy atom. The van der Waals surface area contributed by atoms with E-state index in [2.05, 4.69) is 17.0 Å². The fourth-order valence-electron chi connectivity index (χ4n) is 4.17. The molecule has 2 fully saturated rings. The number of aliphatic hydroxyl groups excluding tert-OH is 1. The van der Waals surface area contributed by atoms with E-state index in [1.807, 2.05) is 29.6 Å². The second-order valence-electron chi connectivity index (χ2n) is 8.40. The molecular weight excluding hydrogens is 378 g/mol. The molecule has 0 bridgehead atoms. The Labute approximate surface area is 178 Å². The van der Waals surface area contributed by atoms with Gasteiger partial charge in [0.1, 0.15) is 17.1 Å². The number of benzene rings is 1. The van der Waals surface area contributed by atoms with Crippen molar-refractivity contribution < 1.29 is 20.3 Å². The molecule has 0 spiro atoms. The topological polar surface area (TPSA) is 110 Å². The molecule has 0 unspecified atom stereocenters. The van der Waals surface area contributed by atoms with Crippen LogP contribution in [-0.4, -0.2) is 22.8 Å². The number of carbonyl (C=O) groups is 1. The molecule has 2 aliphatic carbocycles. The van der Waals surface area contributed by atoms with Gasteiger partial charge in [-0.05, 0) is 50.7 Å². The molecule has 30 heavy (non-hydrogen) atoms. The summed E-state index contributed by atoms with van der Waals surface area (Å²) in [5.74, 6) is 6.28. The van der Waals surface area contributed by atoms with Crippen molar-refractivity contribution in [3.05, 3.63) is 41.2 Å². The van der Waals surface area contributed by atoms with Crippen LogP contribution in [0.4, 0.5) is 5.69 Å². The molecule has 0 saturated heterocycles. The third kappa shape index (κ3) is 6.51. The number of nitrogens with zero attached hydrogens (tertiary/aromatic N) is 1. The lowest BCUT2D eigenvalue weighted by Gasteiger charge is -2.17. The molecule has 0 aliphatic heterocycles. The molecule has 2 saturated carbocycles. The van der Waals surface area contributed by atoms with Gasteiger partial charge < -0.3 is 10.2 Å². The molecule has 3 rings (SSSR count). The number of carboxylic acids is 1. The van der Waals surface area contributed by atoms with Crippen LogP contribution in [0.5, 0.6) is 0 Å². The van der Waals surface area contributed by atoms with E-state index in [4.69, 9.17) is 5.53 Å². The van der Waals surface area contributed by atoms with E-state index < -0.39 is 5.97 Å². The highest BCUT2D eigenvalue weighted by atomic mass is 16.4. The summed E-state index contributed by atoms with van der Waals surface area (Å²) in [5, 5.41) is 24.3. The average Bonchev–Trinajstić information content (AvgIpc) is 3.45. The van der Waals surface area contributed by atoms with E-state index in [1.54, 1.807) is 0 Å². The predicted molar refractivity (Wildman–Crippen MR) is 114 cm³/mol. The number of quaternary nitrogens is 1.